The van der Waals surface area contributed by atoms with Gasteiger partial charge < -0.3 is 15.5 Å². The highest BCUT2D eigenvalue weighted by atomic mass is 16.1. The second kappa shape index (κ2) is 10.2. The largest absolute Gasteiger partial charge is 0.356 e. The Hall–Kier alpha value is -4.19. The minimum Gasteiger partial charge on any atom is -0.356 e. The van der Waals surface area contributed by atoms with Crippen LogP contribution in [0.3, 0.4) is 0 Å². The molecule has 1 aromatic heterocycles. The predicted octanol–water partition coefficient (Wildman–Crippen LogP) is 5.74. The maximum absolute atomic E-state index is 13.0. The quantitative estimate of drug-likeness (QED) is 0.393. The average Bonchev–Trinajstić information content (AvgIpc) is 2.91. The Balaban J connectivity index is 1.19. The molecule has 2 N–H and O–H groups in total. The number of aromatic nitrogens is 2. The zero-order chi connectivity index (χ0) is 23.2. The molecule has 5 rings (SSSR count). The van der Waals surface area contributed by atoms with Crippen LogP contribution < -0.4 is 15.5 Å². The van der Waals surface area contributed by atoms with Gasteiger partial charge in [0.15, 0.2) is 5.82 Å². The Morgan fingerprint density at radius 3 is 2.15 bits per heavy atom. The van der Waals surface area contributed by atoms with E-state index in [-0.39, 0.29) is 11.8 Å². The number of rotatable bonds is 6. The third-order valence-electron chi connectivity index (χ3n) is 6.05. The Bertz CT molecular complexity index is 1210. The van der Waals surface area contributed by atoms with Gasteiger partial charge in [-0.05, 0) is 61.4 Å². The summed E-state index contributed by atoms with van der Waals surface area (Å²) >= 11 is 0. The molecule has 170 valence electrons. The number of piperidine rings is 1. The van der Waals surface area contributed by atoms with Gasteiger partial charge >= 0.3 is 0 Å². The Kier molecular flexibility index (Phi) is 6.47. The van der Waals surface area contributed by atoms with Crippen LogP contribution >= 0.6 is 0 Å². The van der Waals surface area contributed by atoms with Crippen molar-refractivity contribution in [1.82, 2.24) is 10.2 Å². The fourth-order valence-electron chi connectivity index (χ4n) is 4.23. The molecular formula is C28H27N5O. The molecule has 1 aliphatic rings. The minimum absolute atomic E-state index is 0.0438. The smallest absolute Gasteiger partial charge is 0.229 e. The number of benzene rings is 3. The van der Waals surface area contributed by atoms with E-state index in [2.05, 4.69) is 25.7 Å². The molecule has 1 atom stereocenters. The van der Waals surface area contributed by atoms with Gasteiger partial charge in [-0.15, -0.1) is 10.2 Å². The van der Waals surface area contributed by atoms with Crippen LogP contribution in [0.4, 0.5) is 22.9 Å². The van der Waals surface area contributed by atoms with E-state index in [9.17, 15) is 4.79 Å². The Labute approximate surface area is 199 Å². The summed E-state index contributed by atoms with van der Waals surface area (Å²) in [7, 11) is 0. The molecule has 0 radical (unpaired) electrons. The SMILES string of the molecule is O=C(Nc1ccc(Nc2ccccc2)cc1)C1CCCN(c2ccc(-c3ccccc3)nn2)C1. The molecule has 1 saturated heterocycles. The van der Waals surface area contributed by atoms with Crippen molar-refractivity contribution in [2.45, 2.75) is 12.8 Å². The number of nitrogens with one attached hydrogen (secondary N) is 2. The van der Waals surface area contributed by atoms with Crippen molar-refractivity contribution >= 4 is 28.8 Å². The second-order valence-electron chi connectivity index (χ2n) is 8.49. The molecule has 1 fully saturated rings. The minimum atomic E-state index is -0.0912. The predicted molar refractivity (Wildman–Crippen MR) is 137 cm³/mol. The summed E-state index contributed by atoms with van der Waals surface area (Å²) in [5.74, 6) is 0.766. The molecule has 1 aliphatic heterocycles. The van der Waals surface area contributed by atoms with Gasteiger partial charge in [0.2, 0.25) is 5.91 Å². The summed E-state index contributed by atoms with van der Waals surface area (Å²) < 4.78 is 0. The fraction of sp³-hybridized carbons (Fsp3) is 0.179. The highest BCUT2D eigenvalue weighted by molar-refractivity contribution is 5.93. The van der Waals surface area contributed by atoms with Crippen LogP contribution in [-0.4, -0.2) is 29.2 Å². The van der Waals surface area contributed by atoms with Crippen LogP contribution in [0.25, 0.3) is 11.3 Å². The molecule has 4 aromatic rings. The lowest BCUT2D eigenvalue weighted by Gasteiger charge is -2.32. The van der Waals surface area contributed by atoms with E-state index in [0.29, 0.717) is 6.54 Å². The lowest BCUT2D eigenvalue weighted by Crippen LogP contribution is -2.41. The summed E-state index contributed by atoms with van der Waals surface area (Å²) in [6.45, 7) is 1.52. The van der Waals surface area contributed by atoms with Gasteiger partial charge in [0.1, 0.15) is 0 Å². The maximum Gasteiger partial charge on any atom is 0.229 e. The van der Waals surface area contributed by atoms with Crippen LogP contribution in [0, 0.1) is 5.92 Å². The Morgan fingerprint density at radius 2 is 1.44 bits per heavy atom. The molecule has 1 unspecified atom stereocenters. The summed E-state index contributed by atoms with van der Waals surface area (Å²) in [6, 6.07) is 31.8. The number of amides is 1. The van der Waals surface area contributed by atoms with Crippen molar-refractivity contribution in [3.63, 3.8) is 0 Å². The van der Waals surface area contributed by atoms with Gasteiger partial charge in [0.25, 0.3) is 0 Å². The molecule has 0 spiro atoms. The molecule has 0 saturated carbocycles. The van der Waals surface area contributed by atoms with Crippen LogP contribution in [0.15, 0.2) is 97.1 Å². The maximum atomic E-state index is 13.0. The summed E-state index contributed by atoms with van der Waals surface area (Å²) in [4.78, 5) is 15.1. The van der Waals surface area contributed by atoms with E-state index in [0.717, 1.165) is 53.5 Å². The van der Waals surface area contributed by atoms with Gasteiger partial charge in [-0.3, -0.25) is 4.79 Å². The first kappa shape index (κ1) is 21.6. The number of anilines is 4. The summed E-state index contributed by atoms with van der Waals surface area (Å²) in [5, 5.41) is 15.3. The van der Waals surface area contributed by atoms with Gasteiger partial charge in [-0.2, -0.15) is 0 Å². The van der Waals surface area contributed by atoms with Crippen molar-refractivity contribution < 1.29 is 4.79 Å². The first-order valence-corrected chi connectivity index (χ1v) is 11.6. The van der Waals surface area contributed by atoms with Gasteiger partial charge in [0.05, 0.1) is 11.6 Å². The molecule has 34 heavy (non-hydrogen) atoms. The third-order valence-corrected chi connectivity index (χ3v) is 6.05. The molecular weight excluding hydrogens is 422 g/mol. The van der Waals surface area contributed by atoms with E-state index in [1.807, 2.05) is 97.1 Å². The molecule has 0 aliphatic carbocycles. The fourth-order valence-corrected chi connectivity index (χ4v) is 4.23. The normalized spacial score (nSPS) is 15.5. The number of hydrogen-bond acceptors (Lipinski definition) is 5. The Morgan fingerprint density at radius 1 is 0.765 bits per heavy atom. The van der Waals surface area contributed by atoms with E-state index in [1.165, 1.54) is 0 Å². The van der Waals surface area contributed by atoms with Gasteiger partial charge in [0, 0.05) is 35.7 Å². The standard InChI is InChI=1S/C28H27N5O/c34-28(30-25-15-13-24(14-16-25)29-23-11-5-2-6-12-23)22-10-7-19-33(20-22)27-18-17-26(31-32-27)21-8-3-1-4-9-21/h1-6,8-9,11-18,22,29H,7,10,19-20H2,(H,30,34). The number of carbonyl (C=O) groups is 1. The van der Waals surface area contributed by atoms with E-state index >= 15 is 0 Å². The topological polar surface area (TPSA) is 70.2 Å². The third kappa shape index (κ3) is 5.23. The second-order valence-corrected chi connectivity index (χ2v) is 8.49. The van der Waals surface area contributed by atoms with Crippen molar-refractivity contribution in [2.24, 2.45) is 5.92 Å². The van der Waals surface area contributed by atoms with Crippen LogP contribution in [0.1, 0.15) is 12.8 Å². The zero-order valence-electron chi connectivity index (χ0n) is 18.9. The molecule has 2 heterocycles. The first-order chi connectivity index (χ1) is 16.7. The number of hydrogen-bond donors (Lipinski definition) is 2. The molecule has 6 heteroatoms. The number of carbonyl (C=O) groups excluding carboxylic acids is 1. The molecule has 3 aromatic carbocycles. The van der Waals surface area contributed by atoms with Crippen LogP contribution in [0.5, 0.6) is 0 Å². The summed E-state index contributed by atoms with van der Waals surface area (Å²) in [6.07, 6.45) is 1.81. The van der Waals surface area contributed by atoms with Crippen molar-refractivity contribution in [3.8, 4) is 11.3 Å². The van der Waals surface area contributed by atoms with Crippen molar-refractivity contribution in [1.29, 1.82) is 0 Å². The molecule has 6 nitrogen and oxygen atoms in total. The van der Waals surface area contributed by atoms with Crippen molar-refractivity contribution in [2.75, 3.05) is 28.6 Å². The van der Waals surface area contributed by atoms with Crippen LogP contribution in [-0.2, 0) is 4.79 Å². The highest BCUT2D eigenvalue weighted by Gasteiger charge is 2.27. The van der Waals surface area contributed by atoms with Gasteiger partial charge in [-0.25, -0.2) is 0 Å². The highest BCUT2D eigenvalue weighted by Crippen LogP contribution is 2.25. The van der Waals surface area contributed by atoms with E-state index in [1.54, 1.807) is 0 Å². The lowest BCUT2D eigenvalue weighted by molar-refractivity contribution is -0.120. The monoisotopic (exact) mass is 449 g/mol. The molecule has 1 amide bonds. The first-order valence-electron chi connectivity index (χ1n) is 11.6. The van der Waals surface area contributed by atoms with Gasteiger partial charge in [-0.1, -0.05) is 48.5 Å². The zero-order valence-corrected chi connectivity index (χ0v) is 18.9. The van der Waals surface area contributed by atoms with E-state index in [4.69, 9.17) is 0 Å². The summed E-state index contributed by atoms with van der Waals surface area (Å²) in [5.41, 5.74) is 4.70. The lowest BCUT2D eigenvalue weighted by atomic mass is 9.97. The van der Waals surface area contributed by atoms with Crippen LogP contribution in [0.2, 0.25) is 0 Å². The van der Waals surface area contributed by atoms with Crippen molar-refractivity contribution in [3.05, 3.63) is 97.1 Å². The van der Waals surface area contributed by atoms with E-state index < -0.39 is 0 Å². The molecule has 0 bridgehead atoms. The average molecular weight is 450 g/mol. The number of para-hydroxylation sites is 1. The number of nitrogens with zero attached hydrogens (tertiary/aromatic N) is 3.